The molecular weight excluding hydrogens is 208 g/mol. The third kappa shape index (κ3) is 4.33. The molecule has 0 aliphatic heterocycles. The van der Waals surface area contributed by atoms with Crippen molar-refractivity contribution in [2.45, 2.75) is 52.9 Å². The van der Waals surface area contributed by atoms with E-state index in [0.717, 1.165) is 6.42 Å². The van der Waals surface area contributed by atoms with Gasteiger partial charge in [-0.25, -0.2) is 0 Å². The topological polar surface area (TPSA) is 17.1 Å². The number of hydrogen-bond acceptors (Lipinski definition) is 1. The fourth-order valence-electron chi connectivity index (χ4n) is 2.22. The number of carbonyl (C=O) groups is 1. The van der Waals surface area contributed by atoms with Crippen LogP contribution in [0.4, 0.5) is 0 Å². The minimum Gasteiger partial charge on any atom is -0.300 e. The highest BCUT2D eigenvalue weighted by Crippen LogP contribution is 2.38. The van der Waals surface area contributed by atoms with Crippen LogP contribution in [0.1, 0.15) is 58.4 Å². The van der Waals surface area contributed by atoms with E-state index in [0.29, 0.717) is 24.5 Å². The molecule has 0 bridgehead atoms. The molecule has 0 radical (unpaired) electrons. The van der Waals surface area contributed by atoms with Crippen LogP contribution in [0, 0.1) is 5.41 Å². The molecule has 0 amide bonds. The summed E-state index contributed by atoms with van der Waals surface area (Å²) in [7, 11) is 0. The molecule has 1 aromatic carbocycles. The van der Waals surface area contributed by atoms with Gasteiger partial charge in [0.05, 0.1) is 0 Å². The lowest BCUT2D eigenvalue weighted by molar-refractivity contribution is -0.120. The molecule has 0 N–H and O–H groups in total. The van der Waals surface area contributed by atoms with Gasteiger partial charge in [0.2, 0.25) is 0 Å². The van der Waals surface area contributed by atoms with E-state index in [9.17, 15) is 4.79 Å². The van der Waals surface area contributed by atoms with Crippen LogP contribution in [-0.2, 0) is 4.79 Å². The molecule has 1 nitrogen and oxygen atoms in total. The Morgan fingerprint density at radius 3 is 2.24 bits per heavy atom. The van der Waals surface area contributed by atoms with Gasteiger partial charge < -0.3 is 0 Å². The van der Waals surface area contributed by atoms with Crippen molar-refractivity contribution in [3.63, 3.8) is 0 Å². The van der Waals surface area contributed by atoms with E-state index in [4.69, 9.17) is 0 Å². The number of hydrogen-bond donors (Lipinski definition) is 0. The molecule has 1 aromatic rings. The maximum absolute atomic E-state index is 11.9. The quantitative estimate of drug-likeness (QED) is 0.726. The van der Waals surface area contributed by atoms with Crippen molar-refractivity contribution in [2.24, 2.45) is 5.41 Å². The fourth-order valence-corrected chi connectivity index (χ4v) is 2.22. The Kier molecular flexibility index (Phi) is 4.92. The third-order valence-electron chi connectivity index (χ3n) is 3.21. The molecule has 1 heteroatoms. The fraction of sp³-hybridized carbons (Fsp3) is 0.562. The molecule has 1 atom stereocenters. The highest BCUT2D eigenvalue weighted by atomic mass is 16.1. The molecule has 0 saturated carbocycles. The molecule has 0 aliphatic carbocycles. The molecule has 17 heavy (non-hydrogen) atoms. The van der Waals surface area contributed by atoms with Crippen molar-refractivity contribution in [2.75, 3.05) is 0 Å². The molecule has 0 saturated heterocycles. The van der Waals surface area contributed by atoms with E-state index in [1.54, 1.807) is 0 Å². The predicted molar refractivity (Wildman–Crippen MR) is 73.2 cm³/mol. The maximum Gasteiger partial charge on any atom is 0.133 e. The highest BCUT2D eigenvalue weighted by Gasteiger charge is 2.27. The van der Waals surface area contributed by atoms with Gasteiger partial charge in [-0.05, 0) is 23.3 Å². The first-order valence-electron chi connectivity index (χ1n) is 6.51. The van der Waals surface area contributed by atoms with Gasteiger partial charge in [0, 0.05) is 12.8 Å². The maximum atomic E-state index is 11.9. The Hall–Kier alpha value is -1.11. The summed E-state index contributed by atoms with van der Waals surface area (Å²) in [6, 6.07) is 10.4. The molecule has 0 fully saturated rings. The Balaban J connectivity index is 2.87. The first kappa shape index (κ1) is 14.0. The number of rotatable bonds is 5. The molecule has 94 valence electrons. The van der Waals surface area contributed by atoms with Crippen molar-refractivity contribution >= 4 is 5.78 Å². The lowest BCUT2D eigenvalue weighted by Crippen LogP contribution is -2.21. The van der Waals surface area contributed by atoms with Gasteiger partial charge >= 0.3 is 0 Å². The number of ketones is 1. The van der Waals surface area contributed by atoms with Crippen LogP contribution in [0.15, 0.2) is 30.3 Å². The van der Waals surface area contributed by atoms with Gasteiger partial charge in [-0.2, -0.15) is 0 Å². The van der Waals surface area contributed by atoms with Crippen molar-refractivity contribution in [3.05, 3.63) is 35.9 Å². The van der Waals surface area contributed by atoms with Crippen LogP contribution < -0.4 is 0 Å². The molecule has 0 spiro atoms. The van der Waals surface area contributed by atoms with Crippen molar-refractivity contribution in [1.82, 2.24) is 0 Å². The minimum absolute atomic E-state index is 0.130. The van der Waals surface area contributed by atoms with Gasteiger partial charge in [-0.15, -0.1) is 0 Å². The van der Waals surface area contributed by atoms with Crippen LogP contribution in [0.2, 0.25) is 0 Å². The van der Waals surface area contributed by atoms with Crippen LogP contribution in [0.3, 0.4) is 0 Å². The first-order chi connectivity index (χ1) is 7.95. The molecule has 0 unspecified atom stereocenters. The van der Waals surface area contributed by atoms with E-state index >= 15 is 0 Å². The van der Waals surface area contributed by atoms with Crippen molar-refractivity contribution < 1.29 is 4.79 Å². The van der Waals surface area contributed by atoms with E-state index in [-0.39, 0.29) is 5.41 Å². The summed E-state index contributed by atoms with van der Waals surface area (Å²) in [5.74, 6) is 0.707. The minimum atomic E-state index is 0.130. The zero-order chi connectivity index (χ0) is 12.9. The number of Topliss-reactive ketones (excluding diaryl/α,β-unsaturated/α-hetero) is 1. The zero-order valence-corrected chi connectivity index (χ0v) is 11.5. The summed E-state index contributed by atoms with van der Waals surface area (Å²) in [4.78, 5) is 11.9. The van der Waals surface area contributed by atoms with E-state index < -0.39 is 0 Å². The summed E-state index contributed by atoms with van der Waals surface area (Å²) in [6.07, 6.45) is 2.32. The molecule has 1 rings (SSSR count). The normalized spacial score (nSPS) is 13.4. The van der Waals surface area contributed by atoms with Crippen LogP contribution in [-0.4, -0.2) is 5.78 Å². The van der Waals surface area contributed by atoms with E-state index in [1.165, 1.54) is 5.56 Å². The first-order valence-corrected chi connectivity index (χ1v) is 6.51. The van der Waals surface area contributed by atoms with E-state index in [2.05, 4.69) is 52.0 Å². The highest BCUT2D eigenvalue weighted by molar-refractivity contribution is 5.79. The smallest absolute Gasteiger partial charge is 0.133 e. The summed E-state index contributed by atoms with van der Waals surface area (Å²) in [5.41, 5.74) is 1.41. The lowest BCUT2D eigenvalue weighted by atomic mass is 9.73. The Morgan fingerprint density at radius 1 is 1.18 bits per heavy atom. The Bertz CT molecular complexity index is 346. The predicted octanol–water partition coefficient (Wildman–Crippen LogP) is 4.58. The lowest BCUT2D eigenvalue weighted by Gasteiger charge is -2.30. The summed E-state index contributed by atoms with van der Waals surface area (Å²) < 4.78 is 0. The standard InChI is InChI=1S/C16H24O/c1-5-9-14(17)12-15(16(2,3)4)13-10-7-6-8-11-13/h6-8,10-11,15H,5,9,12H2,1-4H3/t15-/m1/s1. The Morgan fingerprint density at radius 2 is 1.76 bits per heavy atom. The van der Waals surface area contributed by atoms with Crippen LogP contribution in [0.5, 0.6) is 0 Å². The number of benzene rings is 1. The van der Waals surface area contributed by atoms with E-state index in [1.807, 2.05) is 6.07 Å². The Labute approximate surface area is 105 Å². The summed E-state index contributed by atoms with van der Waals surface area (Å²) in [5, 5.41) is 0. The molecular formula is C16H24O. The average molecular weight is 232 g/mol. The second-order valence-electron chi connectivity index (χ2n) is 5.82. The molecule has 0 aromatic heterocycles. The summed E-state index contributed by atoms with van der Waals surface area (Å²) >= 11 is 0. The second-order valence-corrected chi connectivity index (χ2v) is 5.82. The monoisotopic (exact) mass is 232 g/mol. The molecule has 0 aliphatic rings. The van der Waals surface area contributed by atoms with Gasteiger partial charge in [-0.3, -0.25) is 4.79 Å². The van der Waals surface area contributed by atoms with Gasteiger partial charge in [0.1, 0.15) is 5.78 Å². The zero-order valence-electron chi connectivity index (χ0n) is 11.5. The van der Waals surface area contributed by atoms with Crippen molar-refractivity contribution in [3.8, 4) is 0 Å². The molecule has 0 heterocycles. The average Bonchev–Trinajstić information content (AvgIpc) is 2.26. The van der Waals surface area contributed by atoms with Gasteiger partial charge in [0.15, 0.2) is 0 Å². The number of carbonyl (C=O) groups excluding carboxylic acids is 1. The van der Waals surface area contributed by atoms with Gasteiger partial charge in [-0.1, -0.05) is 58.0 Å². The van der Waals surface area contributed by atoms with Gasteiger partial charge in [0.25, 0.3) is 0 Å². The largest absolute Gasteiger partial charge is 0.300 e. The SMILES string of the molecule is CCCC(=O)C[C@H](c1ccccc1)C(C)(C)C. The van der Waals surface area contributed by atoms with Crippen LogP contribution >= 0.6 is 0 Å². The summed E-state index contributed by atoms with van der Waals surface area (Å²) in [6.45, 7) is 8.70. The second kappa shape index (κ2) is 6.00. The van der Waals surface area contributed by atoms with Crippen molar-refractivity contribution in [1.29, 1.82) is 0 Å². The third-order valence-corrected chi connectivity index (χ3v) is 3.21. The van der Waals surface area contributed by atoms with Crippen LogP contribution in [0.25, 0.3) is 0 Å².